The zero-order valence-electron chi connectivity index (χ0n) is 15.7. The summed E-state index contributed by atoms with van der Waals surface area (Å²) in [5.74, 6) is 1.02. The van der Waals surface area contributed by atoms with Gasteiger partial charge in [0.15, 0.2) is 0 Å². The fourth-order valence-corrected chi connectivity index (χ4v) is 3.76. The summed E-state index contributed by atoms with van der Waals surface area (Å²) in [6, 6.07) is 14.7. The Bertz CT molecular complexity index is 1160. The molecule has 0 saturated heterocycles. The minimum atomic E-state index is -0.368. The summed E-state index contributed by atoms with van der Waals surface area (Å²) in [6.07, 6.45) is 4.32. The molecule has 30 heavy (non-hydrogen) atoms. The van der Waals surface area contributed by atoms with Crippen LogP contribution in [-0.2, 0) is 5.75 Å². The van der Waals surface area contributed by atoms with Gasteiger partial charge in [-0.2, -0.15) is 0 Å². The molecule has 0 atom stereocenters. The maximum Gasteiger partial charge on any atom is 0.141 e. The summed E-state index contributed by atoms with van der Waals surface area (Å²) in [4.78, 5) is 16.2. The number of aromatic nitrogens is 4. The second-order valence-corrected chi connectivity index (χ2v) is 7.24. The van der Waals surface area contributed by atoms with Crippen molar-refractivity contribution < 1.29 is 4.39 Å². The molecule has 0 spiro atoms. The van der Waals surface area contributed by atoms with Crippen molar-refractivity contribution in [1.82, 2.24) is 19.9 Å². The van der Waals surface area contributed by atoms with Crippen molar-refractivity contribution in [3.8, 4) is 22.4 Å². The van der Waals surface area contributed by atoms with Gasteiger partial charge in [-0.25, -0.2) is 19.3 Å². The number of thioether (sulfide) groups is 1. The van der Waals surface area contributed by atoms with Gasteiger partial charge in [0.1, 0.15) is 28.8 Å². The van der Waals surface area contributed by atoms with Crippen LogP contribution in [0.3, 0.4) is 0 Å². The highest BCUT2D eigenvalue weighted by molar-refractivity contribution is 7.98. The Labute approximate surface area is 183 Å². The fraction of sp³-hybridized carbons (Fsp3) is 0.0476. The van der Waals surface area contributed by atoms with Crippen molar-refractivity contribution in [2.45, 2.75) is 10.8 Å². The molecule has 6 nitrogen and oxygen atoms in total. The molecule has 4 rings (SSSR count). The van der Waals surface area contributed by atoms with E-state index in [1.807, 2.05) is 30.3 Å². The lowest BCUT2D eigenvalue weighted by Crippen LogP contribution is -1.95. The van der Waals surface area contributed by atoms with Gasteiger partial charge in [-0.15, -0.1) is 24.2 Å². The largest absolute Gasteiger partial charge is 0.384 e. The smallest absolute Gasteiger partial charge is 0.141 e. The van der Waals surface area contributed by atoms with Crippen LogP contribution in [0, 0.1) is 5.82 Å². The van der Waals surface area contributed by atoms with Crippen LogP contribution in [-0.4, -0.2) is 19.9 Å². The predicted molar refractivity (Wildman–Crippen MR) is 121 cm³/mol. The monoisotopic (exact) mass is 440 g/mol. The third-order valence-electron chi connectivity index (χ3n) is 4.28. The summed E-state index contributed by atoms with van der Waals surface area (Å²) in [5, 5.41) is 0.788. The van der Waals surface area contributed by atoms with Gasteiger partial charge in [-0.05, 0) is 28.8 Å². The Morgan fingerprint density at radius 1 is 0.833 bits per heavy atom. The first kappa shape index (κ1) is 21.5. The van der Waals surface area contributed by atoms with E-state index in [9.17, 15) is 4.39 Å². The molecule has 0 fully saturated rings. The first-order valence-corrected chi connectivity index (χ1v) is 9.75. The molecule has 0 aliphatic carbocycles. The molecule has 2 aromatic heterocycles. The van der Waals surface area contributed by atoms with Gasteiger partial charge in [-0.3, -0.25) is 4.98 Å². The molecule has 9 heteroatoms. The minimum absolute atomic E-state index is 0. The Hall–Kier alpha value is -3.23. The van der Waals surface area contributed by atoms with E-state index >= 15 is 0 Å². The number of nitrogens with zero attached hydrogens (tertiary/aromatic N) is 4. The highest BCUT2D eigenvalue weighted by Gasteiger charge is 2.12. The third-order valence-corrected chi connectivity index (χ3v) is 5.26. The van der Waals surface area contributed by atoms with E-state index in [0.717, 1.165) is 21.7 Å². The number of hydrogen-bond donors (Lipinski definition) is 2. The summed E-state index contributed by atoms with van der Waals surface area (Å²) in [7, 11) is 0. The van der Waals surface area contributed by atoms with Gasteiger partial charge in [0.25, 0.3) is 0 Å². The average molecular weight is 441 g/mol. The van der Waals surface area contributed by atoms with Gasteiger partial charge in [0.2, 0.25) is 0 Å². The molecule has 2 aromatic carbocycles. The normalized spacial score (nSPS) is 10.4. The molecule has 0 amide bonds. The van der Waals surface area contributed by atoms with Gasteiger partial charge in [-0.1, -0.05) is 30.3 Å². The predicted octanol–water partition coefficient (Wildman–Crippen LogP) is 4.62. The second-order valence-electron chi connectivity index (χ2n) is 6.25. The van der Waals surface area contributed by atoms with Crippen LogP contribution in [0.15, 0.2) is 72.3 Å². The number of hydrogen-bond acceptors (Lipinski definition) is 7. The van der Waals surface area contributed by atoms with Crippen LogP contribution < -0.4 is 11.5 Å². The molecule has 0 radical (unpaired) electrons. The van der Waals surface area contributed by atoms with Crippen LogP contribution >= 0.6 is 24.2 Å². The van der Waals surface area contributed by atoms with Crippen LogP contribution in [0.2, 0.25) is 0 Å². The zero-order valence-corrected chi connectivity index (χ0v) is 17.3. The number of nitrogens with two attached hydrogens (primary N) is 2. The number of anilines is 2. The number of halogens is 2. The molecule has 152 valence electrons. The Kier molecular flexibility index (Phi) is 6.81. The van der Waals surface area contributed by atoms with Crippen LogP contribution in [0.1, 0.15) is 5.56 Å². The quantitative estimate of drug-likeness (QED) is 0.344. The van der Waals surface area contributed by atoms with E-state index in [1.165, 1.54) is 24.8 Å². The highest BCUT2D eigenvalue weighted by Crippen LogP contribution is 2.32. The summed E-state index contributed by atoms with van der Waals surface area (Å²) in [6.45, 7) is 0. The zero-order chi connectivity index (χ0) is 20.2. The maximum absolute atomic E-state index is 14.8. The first-order valence-electron chi connectivity index (χ1n) is 8.76. The summed E-state index contributed by atoms with van der Waals surface area (Å²) >= 11 is 1.55. The van der Waals surface area contributed by atoms with E-state index < -0.39 is 0 Å². The van der Waals surface area contributed by atoms with Crippen molar-refractivity contribution in [2.75, 3.05) is 11.5 Å². The van der Waals surface area contributed by atoms with Crippen molar-refractivity contribution >= 4 is 35.8 Å². The molecule has 0 aliphatic rings. The fourth-order valence-electron chi connectivity index (χ4n) is 2.88. The van der Waals surface area contributed by atoms with Crippen LogP contribution in [0.25, 0.3) is 22.4 Å². The number of rotatable bonds is 5. The Balaban J connectivity index is 0.00000256. The third kappa shape index (κ3) is 4.84. The topological polar surface area (TPSA) is 104 Å². The van der Waals surface area contributed by atoms with Gasteiger partial charge in [0.05, 0.1) is 18.1 Å². The van der Waals surface area contributed by atoms with Gasteiger partial charge in [0, 0.05) is 17.4 Å². The second kappa shape index (κ2) is 9.51. The Morgan fingerprint density at radius 2 is 1.67 bits per heavy atom. The molecule has 4 aromatic rings. The van der Waals surface area contributed by atoms with Crippen LogP contribution in [0.4, 0.5) is 16.0 Å². The lowest BCUT2D eigenvalue weighted by Gasteiger charge is -2.11. The van der Waals surface area contributed by atoms with Crippen molar-refractivity contribution in [3.05, 3.63) is 78.6 Å². The van der Waals surface area contributed by atoms with Gasteiger partial charge < -0.3 is 11.5 Å². The van der Waals surface area contributed by atoms with Crippen molar-refractivity contribution in [3.63, 3.8) is 0 Å². The van der Waals surface area contributed by atoms with E-state index in [1.54, 1.807) is 23.9 Å². The molecule has 0 bridgehead atoms. The van der Waals surface area contributed by atoms with E-state index in [-0.39, 0.29) is 18.2 Å². The lowest BCUT2D eigenvalue weighted by atomic mass is 9.98. The average Bonchev–Trinajstić information content (AvgIpc) is 2.73. The molecule has 0 saturated carbocycles. The number of benzene rings is 2. The van der Waals surface area contributed by atoms with Crippen molar-refractivity contribution in [2.24, 2.45) is 0 Å². The summed E-state index contributed by atoms with van der Waals surface area (Å²) in [5.41, 5.74) is 14.9. The van der Waals surface area contributed by atoms with Gasteiger partial charge >= 0.3 is 0 Å². The summed E-state index contributed by atoms with van der Waals surface area (Å²) < 4.78 is 14.8. The molecule has 0 unspecified atom stereocenters. The molecular weight excluding hydrogens is 423 g/mol. The standard InChI is InChI=1S/C21H17FN6S.ClH/c22-17-7-13(5-6-16(17)18-9-26-20(24)10-25-18)15-4-2-1-3-14(15)11-29-21-8-19(23)27-12-28-21;/h1-10,12H,11H2,(H2,24,26)(H2,23,27,28);1H. The molecular formula is C21H18ClFN6S. The lowest BCUT2D eigenvalue weighted by molar-refractivity contribution is 0.631. The van der Waals surface area contributed by atoms with E-state index in [0.29, 0.717) is 28.6 Å². The highest BCUT2D eigenvalue weighted by atomic mass is 35.5. The molecule has 2 heterocycles. The van der Waals surface area contributed by atoms with E-state index in [4.69, 9.17) is 11.5 Å². The number of nitrogen functional groups attached to an aromatic ring is 2. The van der Waals surface area contributed by atoms with E-state index in [2.05, 4.69) is 19.9 Å². The first-order chi connectivity index (χ1) is 14.1. The SMILES string of the molecule is Cl.Nc1cnc(-c2ccc(-c3ccccc3CSc3cc(N)ncn3)cc2F)cn1. The van der Waals surface area contributed by atoms with Crippen molar-refractivity contribution in [1.29, 1.82) is 0 Å². The minimum Gasteiger partial charge on any atom is -0.384 e. The Morgan fingerprint density at radius 3 is 2.40 bits per heavy atom. The molecule has 4 N–H and O–H groups in total. The maximum atomic E-state index is 14.8. The van der Waals surface area contributed by atoms with Crippen LogP contribution in [0.5, 0.6) is 0 Å². The molecule has 0 aliphatic heterocycles.